The van der Waals surface area contributed by atoms with Crippen LogP contribution in [0.15, 0.2) is 77.9 Å². The molecular weight excluding hydrogens is 528 g/mol. The molecule has 0 amide bonds. The van der Waals surface area contributed by atoms with Crippen LogP contribution in [0.25, 0.3) is 29.1 Å². The van der Waals surface area contributed by atoms with Crippen LogP contribution in [0.1, 0.15) is 37.5 Å². The number of benzene rings is 3. The van der Waals surface area contributed by atoms with Crippen molar-refractivity contribution in [1.82, 2.24) is 4.57 Å². The van der Waals surface area contributed by atoms with Gasteiger partial charge in [0.05, 0.1) is 40.7 Å². The maximum absolute atomic E-state index is 5.78. The van der Waals surface area contributed by atoms with E-state index in [1.54, 1.807) is 28.4 Å². The van der Waals surface area contributed by atoms with Crippen LogP contribution in [-0.4, -0.2) is 52.6 Å². The first-order chi connectivity index (χ1) is 20.3. The van der Waals surface area contributed by atoms with Crippen molar-refractivity contribution in [3.05, 3.63) is 89.6 Å². The third-order valence-corrected chi connectivity index (χ3v) is 6.91. The lowest BCUT2D eigenvalue weighted by atomic mass is 9.87. The highest BCUT2D eigenvalue weighted by molar-refractivity contribution is 5.79. The number of para-hydroxylation sites is 2. The third-order valence-electron chi connectivity index (χ3n) is 6.91. The molecule has 0 saturated carbocycles. The van der Waals surface area contributed by atoms with Crippen LogP contribution in [0, 0.1) is 0 Å². The Balaban J connectivity index is 0.000000732. The molecule has 5 rings (SSSR count). The van der Waals surface area contributed by atoms with E-state index in [1.165, 1.54) is 12.0 Å². The van der Waals surface area contributed by atoms with Gasteiger partial charge in [0.2, 0.25) is 0 Å². The number of aromatic nitrogens is 1. The van der Waals surface area contributed by atoms with Crippen molar-refractivity contribution in [1.29, 1.82) is 0 Å². The van der Waals surface area contributed by atoms with Crippen LogP contribution >= 0.6 is 0 Å². The molecule has 0 atom stereocenters. The summed E-state index contributed by atoms with van der Waals surface area (Å²) in [6.07, 6.45) is 7.73. The van der Waals surface area contributed by atoms with E-state index in [0.717, 1.165) is 41.2 Å². The summed E-state index contributed by atoms with van der Waals surface area (Å²) in [5.41, 5.74) is 6.34. The molecule has 1 aliphatic rings. The number of methoxy groups -OCH3 is 4. The first-order valence-electron chi connectivity index (χ1n) is 13.8. The Morgan fingerprint density at radius 2 is 1.45 bits per heavy atom. The Morgan fingerprint density at radius 1 is 0.786 bits per heavy atom. The highest BCUT2D eigenvalue weighted by atomic mass is 16.5. The Bertz CT molecular complexity index is 1520. The lowest BCUT2D eigenvalue weighted by Crippen LogP contribution is -2.10. The van der Waals surface area contributed by atoms with E-state index in [1.807, 2.05) is 36.4 Å². The Kier molecular flexibility index (Phi) is 9.97. The predicted octanol–water partition coefficient (Wildman–Crippen LogP) is 7.69. The Labute approximate surface area is 249 Å². The molecule has 1 aliphatic heterocycles. The summed E-state index contributed by atoms with van der Waals surface area (Å²) in [6.45, 7) is 8.29. The highest BCUT2D eigenvalue weighted by Gasteiger charge is 2.18. The van der Waals surface area contributed by atoms with Crippen molar-refractivity contribution < 1.29 is 23.7 Å². The van der Waals surface area contributed by atoms with Gasteiger partial charge < -0.3 is 28.3 Å². The van der Waals surface area contributed by atoms with Crippen molar-refractivity contribution in [3.8, 4) is 39.9 Å². The van der Waals surface area contributed by atoms with E-state index in [4.69, 9.17) is 18.9 Å². The number of aliphatic imine (C=N–C) groups is 1. The fraction of sp³-hybridized carbons (Fsp3) is 0.286. The molecule has 42 heavy (non-hydrogen) atoms. The zero-order chi connectivity index (χ0) is 30.1. The Morgan fingerprint density at radius 3 is 2.00 bits per heavy atom. The van der Waals surface area contributed by atoms with Crippen LogP contribution in [0.3, 0.4) is 0 Å². The summed E-state index contributed by atoms with van der Waals surface area (Å²) in [6, 6.07) is 22.6. The maximum atomic E-state index is 5.78. The summed E-state index contributed by atoms with van der Waals surface area (Å²) in [5.74, 6) is 2.78. The number of hydrogen-bond donors (Lipinski definition) is 0. The van der Waals surface area contributed by atoms with E-state index in [2.05, 4.69) is 83.7 Å². The Hall–Kier alpha value is -4.65. The third kappa shape index (κ3) is 6.97. The van der Waals surface area contributed by atoms with Gasteiger partial charge in [-0.2, -0.15) is 0 Å². The molecule has 220 valence electrons. The van der Waals surface area contributed by atoms with E-state index in [9.17, 15) is 0 Å². The van der Waals surface area contributed by atoms with Crippen molar-refractivity contribution in [2.75, 3.05) is 41.6 Å². The molecule has 1 aromatic heterocycles. The summed E-state index contributed by atoms with van der Waals surface area (Å²) < 4.78 is 29.3. The summed E-state index contributed by atoms with van der Waals surface area (Å²) in [7, 11) is 6.62. The molecule has 7 heteroatoms. The van der Waals surface area contributed by atoms with Crippen molar-refractivity contribution in [3.63, 3.8) is 0 Å². The zero-order valence-corrected chi connectivity index (χ0v) is 25.5. The van der Waals surface area contributed by atoms with Gasteiger partial charge in [0.15, 0.2) is 29.4 Å². The van der Waals surface area contributed by atoms with Gasteiger partial charge >= 0.3 is 0 Å². The molecule has 0 aliphatic carbocycles. The normalized spacial score (nSPS) is 12.5. The average Bonchev–Trinajstić information content (AvgIpc) is 3.73. The van der Waals surface area contributed by atoms with Crippen LogP contribution in [0.4, 0.5) is 0 Å². The standard InChI is InChI=1S/C32H35NO4.C3H5NO/c1-32(2,3)24-16-18-25(19-17-24)33-21-22(14-15-23-10-8-12-28(34-4)30(23)36-6)20-27(33)26-11-9-13-29(35-5)31(26)37-7;1-2-5-3-4-1/h8-21H,1-7H3;3H,1-2H2. The molecular formula is C35H40N2O5. The quantitative estimate of drug-likeness (QED) is 0.218. The molecule has 0 saturated heterocycles. The SMILES string of the molecule is C1=NCCO1.COc1cccc(C=Cc2cc(-c3cccc(OC)c3OC)n(-c3ccc(C(C)(C)C)cc3)c2)c1OC. The lowest BCUT2D eigenvalue weighted by molar-refractivity contribution is 0.354. The van der Waals surface area contributed by atoms with Crippen molar-refractivity contribution in [2.45, 2.75) is 26.2 Å². The maximum Gasteiger partial charge on any atom is 0.170 e. The highest BCUT2D eigenvalue weighted by Crippen LogP contribution is 2.40. The smallest absolute Gasteiger partial charge is 0.170 e. The second-order valence-corrected chi connectivity index (χ2v) is 10.7. The second kappa shape index (κ2) is 13.8. The lowest BCUT2D eigenvalue weighted by Gasteiger charge is -2.20. The fourth-order valence-electron chi connectivity index (χ4n) is 4.70. The molecule has 0 radical (unpaired) electrons. The topological polar surface area (TPSA) is 63.4 Å². The van der Waals surface area contributed by atoms with Crippen LogP contribution in [-0.2, 0) is 10.2 Å². The van der Waals surface area contributed by atoms with Gasteiger partial charge in [-0.05, 0) is 52.9 Å². The molecule has 0 spiro atoms. The van der Waals surface area contributed by atoms with E-state index in [-0.39, 0.29) is 5.41 Å². The minimum Gasteiger partial charge on any atom is -0.493 e. The van der Waals surface area contributed by atoms with Crippen LogP contribution < -0.4 is 18.9 Å². The minimum atomic E-state index is 0.0811. The predicted molar refractivity (Wildman–Crippen MR) is 171 cm³/mol. The summed E-state index contributed by atoms with van der Waals surface area (Å²) in [5, 5.41) is 0. The van der Waals surface area contributed by atoms with E-state index < -0.39 is 0 Å². The van der Waals surface area contributed by atoms with Crippen LogP contribution in [0.5, 0.6) is 23.0 Å². The van der Waals surface area contributed by atoms with Gasteiger partial charge in [0, 0.05) is 23.0 Å². The molecule has 4 aromatic rings. The summed E-state index contributed by atoms with van der Waals surface area (Å²) >= 11 is 0. The first-order valence-corrected chi connectivity index (χ1v) is 13.8. The molecule has 7 nitrogen and oxygen atoms in total. The van der Waals surface area contributed by atoms with E-state index >= 15 is 0 Å². The number of ether oxygens (including phenoxy) is 5. The van der Waals surface area contributed by atoms with Gasteiger partial charge in [-0.1, -0.05) is 63.3 Å². The van der Waals surface area contributed by atoms with Crippen LogP contribution in [0.2, 0.25) is 0 Å². The molecule has 0 bridgehead atoms. The second-order valence-electron chi connectivity index (χ2n) is 10.7. The van der Waals surface area contributed by atoms with Gasteiger partial charge in [-0.3, -0.25) is 4.99 Å². The number of rotatable bonds is 8. The largest absolute Gasteiger partial charge is 0.493 e. The zero-order valence-electron chi connectivity index (χ0n) is 25.5. The van der Waals surface area contributed by atoms with E-state index in [0.29, 0.717) is 23.0 Å². The fourth-order valence-corrected chi connectivity index (χ4v) is 4.70. The first kappa shape index (κ1) is 30.3. The number of hydrogen-bond acceptors (Lipinski definition) is 6. The van der Waals surface area contributed by atoms with Crippen molar-refractivity contribution in [2.24, 2.45) is 4.99 Å². The molecule has 2 heterocycles. The molecule has 0 unspecified atom stereocenters. The summed E-state index contributed by atoms with van der Waals surface area (Å²) in [4.78, 5) is 3.74. The van der Waals surface area contributed by atoms with Gasteiger partial charge in [0.1, 0.15) is 6.61 Å². The average molecular weight is 569 g/mol. The minimum absolute atomic E-state index is 0.0811. The van der Waals surface area contributed by atoms with Crippen molar-refractivity contribution >= 4 is 18.6 Å². The van der Waals surface area contributed by atoms with Gasteiger partial charge in [-0.25, -0.2) is 0 Å². The monoisotopic (exact) mass is 568 g/mol. The molecule has 3 aromatic carbocycles. The van der Waals surface area contributed by atoms with Gasteiger partial charge in [-0.15, -0.1) is 0 Å². The molecule has 0 N–H and O–H groups in total. The number of nitrogens with zero attached hydrogens (tertiary/aromatic N) is 2. The molecule has 0 fully saturated rings. The van der Waals surface area contributed by atoms with Gasteiger partial charge in [0.25, 0.3) is 0 Å².